The van der Waals surface area contributed by atoms with Crippen molar-refractivity contribution in [2.75, 3.05) is 0 Å². The second-order valence-corrected chi connectivity index (χ2v) is 10.6. The molecule has 0 heterocycles. The fraction of sp³-hybridized carbons (Fsp3) is 0.800. The van der Waals surface area contributed by atoms with E-state index in [0.717, 1.165) is 6.04 Å². The van der Waals surface area contributed by atoms with Gasteiger partial charge in [0, 0.05) is 6.04 Å². The van der Waals surface area contributed by atoms with Crippen LogP contribution in [-0.4, -0.2) is 13.5 Å². The van der Waals surface area contributed by atoms with Crippen molar-refractivity contribution < 1.29 is 0 Å². The van der Waals surface area contributed by atoms with Crippen LogP contribution in [0.15, 0.2) is 0 Å². The van der Waals surface area contributed by atoms with Crippen molar-refractivity contribution in [2.45, 2.75) is 44.9 Å². The molecule has 0 aliphatic heterocycles. The summed E-state index contributed by atoms with van der Waals surface area (Å²) < 4.78 is 0. The fourth-order valence-electron chi connectivity index (χ4n) is 0.580. The zero-order valence-corrected chi connectivity index (χ0v) is 10.5. The van der Waals surface area contributed by atoms with Crippen molar-refractivity contribution in [3.8, 4) is 11.8 Å². The number of hydrogen-bond acceptors (Lipinski definition) is 0. The van der Waals surface area contributed by atoms with Crippen molar-refractivity contribution in [3.63, 3.8) is 0 Å². The van der Waals surface area contributed by atoms with Gasteiger partial charge >= 0.3 is 0 Å². The van der Waals surface area contributed by atoms with Crippen molar-refractivity contribution in [3.05, 3.63) is 0 Å². The third-order valence-electron chi connectivity index (χ3n) is 1.44. The van der Waals surface area contributed by atoms with Crippen LogP contribution >= 0.6 is 11.6 Å². The Balaban J connectivity index is 3.89. The molecule has 0 aromatic rings. The molecule has 70 valence electrons. The van der Waals surface area contributed by atoms with Crippen LogP contribution in [0.3, 0.4) is 0 Å². The lowest BCUT2D eigenvalue weighted by molar-refractivity contribution is 0.683. The molecule has 1 atom stereocenters. The van der Waals surface area contributed by atoms with Crippen LogP contribution in [-0.2, 0) is 0 Å². The molecule has 0 spiro atoms. The summed E-state index contributed by atoms with van der Waals surface area (Å²) >= 11 is 5.99. The maximum atomic E-state index is 5.99. The van der Waals surface area contributed by atoms with Gasteiger partial charge in [-0.3, -0.25) is 0 Å². The summed E-state index contributed by atoms with van der Waals surface area (Å²) in [5.74, 6) is 6.73. The predicted molar refractivity (Wildman–Crippen MR) is 60.4 cm³/mol. The number of hydrogen-bond donors (Lipinski definition) is 0. The zero-order valence-electron chi connectivity index (χ0n) is 8.74. The largest absolute Gasteiger partial charge is 0.109 e. The molecule has 0 aromatic carbocycles. The first-order chi connectivity index (χ1) is 5.33. The molecule has 0 bridgehead atoms. The van der Waals surface area contributed by atoms with Crippen LogP contribution < -0.4 is 0 Å². The lowest BCUT2D eigenvalue weighted by atomic mass is 10.1. The highest BCUT2D eigenvalue weighted by atomic mass is 35.5. The van der Waals surface area contributed by atoms with Gasteiger partial charge in [-0.1, -0.05) is 39.4 Å². The summed E-state index contributed by atoms with van der Waals surface area (Å²) in [5, 5.41) is 0.0290. The maximum Gasteiger partial charge on any atom is 0.0965 e. The molecular weight excluding hydrogens is 184 g/mol. The van der Waals surface area contributed by atoms with Gasteiger partial charge in [-0.25, -0.2) is 0 Å². The van der Waals surface area contributed by atoms with Crippen molar-refractivity contribution in [1.29, 1.82) is 0 Å². The second-order valence-electron chi connectivity index (χ2n) is 4.70. The van der Waals surface area contributed by atoms with Crippen LogP contribution in [0.1, 0.15) is 13.8 Å². The van der Waals surface area contributed by atoms with Gasteiger partial charge in [0.25, 0.3) is 0 Å². The quantitative estimate of drug-likeness (QED) is 0.365. The molecule has 1 unspecified atom stereocenters. The Morgan fingerprint density at radius 2 is 1.75 bits per heavy atom. The second kappa shape index (κ2) is 4.94. The molecule has 0 amide bonds. The average Bonchev–Trinajstić information content (AvgIpc) is 1.84. The van der Waals surface area contributed by atoms with E-state index in [1.54, 1.807) is 0 Å². The van der Waals surface area contributed by atoms with Gasteiger partial charge in [-0.2, -0.15) is 0 Å². The Morgan fingerprint density at radius 1 is 1.25 bits per heavy atom. The Bertz CT molecular complexity index is 180. The Labute approximate surface area is 82.7 Å². The average molecular weight is 203 g/mol. The summed E-state index contributed by atoms with van der Waals surface area (Å²) in [6, 6.07) is 1.06. The Hall–Kier alpha value is 0.0669. The van der Waals surface area contributed by atoms with E-state index in [4.69, 9.17) is 11.6 Å². The third-order valence-corrected chi connectivity index (χ3v) is 3.29. The molecule has 0 aliphatic rings. The maximum absolute atomic E-state index is 5.99. The van der Waals surface area contributed by atoms with Gasteiger partial charge in [0.2, 0.25) is 0 Å². The number of rotatable bonds is 2. The van der Waals surface area contributed by atoms with Crippen LogP contribution in [0.25, 0.3) is 0 Å². The summed E-state index contributed by atoms with van der Waals surface area (Å²) in [6.07, 6.45) is 0. The lowest BCUT2D eigenvalue weighted by Gasteiger charge is -2.10. The first-order valence-corrected chi connectivity index (χ1v) is 8.60. The van der Waals surface area contributed by atoms with Crippen LogP contribution in [0.4, 0.5) is 0 Å². The van der Waals surface area contributed by atoms with Crippen molar-refractivity contribution in [2.24, 2.45) is 5.92 Å². The molecule has 0 fully saturated rings. The number of halogens is 1. The van der Waals surface area contributed by atoms with Gasteiger partial charge in [0.1, 0.15) is 0 Å². The summed E-state index contributed by atoms with van der Waals surface area (Å²) in [4.78, 5) is 0. The summed E-state index contributed by atoms with van der Waals surface area (Å²) in [6.45, 7) is 11.2. The van der Waals surface area contributed by atoms with E-state index in [2.05, 4.69) is 45.3 Å². The molecular formula is C10H19ClSi. The first kappa shape index (κ1) is 12.1. The molecule has 12 heavy (non-hydrogen) atoms. The van der Waals surface area contributed by atoms with Crippen LogP contribution in [0, 0.1) is 17.8 Å². The van der Waals surface area contributed by atoms with Crippen LogP contribution in [0.2, 0.25) is 25.7 Å². The monoisotopic (exact) mass is 202 g/mol. The van der Waals surface area contributed by atoms with Crippen molar-refractivity contribution >= 4 is 19.7 Å². The topological polar surface area (TPSA) is 0 Å². The molecule has 0 saturated carbocycles. The smallest absolute Gasteiger partial charge is 0.0965 e. The third kappa shape index (κ3) is 6.76. The highest BCUT2D eigenvalue weighted by Crippen LogP contribution is 2.09. The Kier molecular flexibility index (Phi) is 4.97. The predicted octanol–water partition coefficient (Wildman–Crippen LogP) is 3.59. The van der Waals surface area contributed by atoms with Gasteiger partial charge < -0.3 is 0 Å². The van der Waals surface area contributed by atoms with Gasteiger partial charge in [-0.05, 0) is 5.92 Å². The molecule has 0 aromatic heterocycles. The standard InChI is InChI=1S/C10H19ClSi/c1-9(2)10(11)7-6-8-12(3,4)5/h9-10H,8H2,1-5H3. The fourth-order valence-corrected chi connectivity index (χ4v) is 1.29. The molecule has 0 N–H and O–H groups in total. The van der Waals surface area contributed by atoms with Gasteiger partial charge in [0.15, 0.2) is 0 Å². The molecule has 2 heteroatoms. The Morgan fingerprint density at radius 3 is 2.08 bits per heavy atom. The molecule has 0 radical (unpaired) electrons. The van der Waals surface area contributed by atoms with E-state index in [1.807, 2.05) is 0 Å². The van der Waals surface area contributed by atoms with Crippen molar-refractivity contribution in [1.82, 2.24) is 0 Å². The molecule has 0 nitrogen and oxygen atoms in total. The molecule has 0 aliphatic carbocycles. The summed E-state index contributed by atoms with van der Waals surface area (Å²) in [5.41, 5.74) is 0. The highest BCUT2D eigenvalue weighted by Gasteiger charge is 2.10. The zero-order chi connectivity index (χ0) is 9.78. The normalized spacial score (nSPS) is 13.9. The van der Waals surface area contributed by atoms with E-state index >= 15 is 0 Å². The van der Waals surface area contributed by atoms with E-state index < -0.39 is 8.07 Å². The van der Waals surface area contributed by atoms with Crippen LogP contribution in [0.5, 0.6) is 0 Å². The first-order valence-electron chi connectivity index (χ1n) is 4.45. The van der Waals surface area contributed by atoms with E-state index in [1.165, 1.54) is 0 Å². The summed E-state index contributed by atoms with van der Waals surface area (Å²) in [7, 11) is -0.991. The van der Waals surface area contributed by atoms with E-state index in [9.17, 15) is 0 Å². The van der Waals surface area contributed by atoms with E-state index in [0.29, 0.717) is 5.92 Å². The van der Waals surface area contributed by atoms with Gasteiger partial charge in [-0.15, -0.1) is 17.5 Å². The SMILES string of the molecule is CC(C)C(Cl)C#CC[Si](C)(C)C. The molecule has 0 saturated heterocycles. The molecule has 0 rings (SSSR count). The minimum absolute atomic E-state index is 0.0290. The number of alkyl halides is 1. The lowest BCUT2D eigenvalue weighted by Crippen LogP contribution is -2.17. The van der Waals surface area contributed by atoms with Gasteiger partial charge in [0.05, 0.1) is 13.5 Å². The minimum Gasteiger partial charge on any atom is -0.109 e. The highest BCUT2D eigenvalue weighted by molar-refractivity contribution is 6.76. The minimum atomic E-state index is -0.991. The van der Waals surface area contributed by atoms with E-state index in [-0.39, 0.29) is 5.38 Å².